The second kappa shape index (κ2) is 7.45. The molecular formula is C19H27N5O2. The third-order valence-corrected chi connectivity index (χ3v) is 5.71. The Morgan fingerprint density at radius 3 is 2.92 bits per heavy atom. The molecule has 0 bridgehead atoms. The third-order valence-electron chi connectivity index (χ3n) is 5.71. The standard InChI is InChI=1S/C19H27N5O2/c1-3-10-23-11-8-19(7-6-16(23)25)14-24(13-12-22(19)2)18-15(17(20)26)5-4-9-21-18/h3-5,9H,1,6-8,10-14H2,2H3,(H2,20,26). The van der Waals surface area contributed by atoms with Crippen LogP contribution in [0.1, 0.15) is 29.6 Å². The molecule has 3 heterocycles. The quantitative estimate of drug-likeness (QED) is 0.809. The number of likely N-dealkylation sites (tertiary alicyclic amines) is 1. The Kier molecular flexibility index (Phi) is 5.27. The van der Waals surface area contributed by atoms with Gasteiger partial charge in [-0.25, -0.2) is 4.98 Å². The van der Waals surface area contributed by atoms with Crippen molar-refractivity contribution in [1.29, 1.82) is 0 Å². The number of aromatic nitrogens is 1. The zero-order valence-corrected chi connectivity index (χ0v) is 15.4. The first kappa shape index (κ1) is 18.4. The Morgan fingerprint density at radius 1 is 1.38 bits per heavy atom. The number of rotatable bonds is 4. The Hall–Kier alpha value is -2.41. The van der Waals surface area contributed by atoms with Crippen molar-refractivity contribution in [2.24, 2.45) is 5.73 Å². The van der Waals surface area contributed by atoms with E-state index in [9.17, 15) is 9.59 Å². The molecule has 7 nitrogen and oxygen atoms in total. The Balaban J connectivity index is 1.86. The summed E-state index contributed by atoms with van der Waals surface area (Å²) in [5.41, 5.74) is 5.87. The van der Waals surface area contributed by atoms with Gasteiger partial charge in [-0.2, -0.15) is 0 Å². The van der Waals surface area contributed by atoms with E-state index >= 15 is 0 Å². The number of nitrogens with zero attached hydrogens (tertiary/aromatic N) is 4. The van der Waals surface area contributed by atoms with Crippen LogP contribution < -0.4 is 10.6 Å². The molecule has 0 aromatic carbocycles. The van der Waals surface area contributed by atoms with Crippen molar-refractivity contribution in [1.82, 2.24) is 14.8 Å². The lowest BCUT2D eigenvalue weighted by Gasteiger charge is -2.49. The Bertz CT molecular complexity index is 707. The first-order chi connectivity index (χ1) is 12.5. The van der Waals surface area contributed by atoms with Crippen molar-refractivity contribution in [2.75, 3.05) is 44.7 Å². The van der Waals surface area contributed by atoms with E-state index in [-0.39, 0.29) is 11.4 Å². The van der Waals surface area contributed by atoms with Gasteiger partial charge in [0.1, 0.15) is 5.82 Å². The maximum absolute atomic E-state index is 12.4. The van der Waals surface area contributed by atoms with Crippen molar-refractivity contribution in [3.05, 3.63) is 36.5 Å². The number of hydrogen-bond donors (Lipinski definition) is 1. The van der Waals surface area contributed by atoms with Crippen molar-refractivity contribution in [3.8, 4) is 0 Å². The summed E-state index contributed by atoms with van der Waals surface area (Å²) in [6.07, 6.45) is 5.68. The fraction of sp³-hybridized carbons (Fsp3) is 0.526. The minimum Gasteiger partial charge on any atom is -0.365 e. The highest BCUT2D eigenvalue weighted by Crippen LogP contribution is 2.34. The van der Waals surface area contributed by atoms with Gasteiger partial charge in [0.2, 0.25) is 5.91 Å². The van der Waals surface area contributed by atoms with Crippen LogP contribution in [0.5, 0.6) is 0 Å². The van der Waals surface area contributed by atoms with Crippen LogP contribution in [-0.2, 0) is 4.79 Å². The van der Waals surface area contributed by atoms with Crippen LogP contribution >= 0.6 is 0 Å². The molecule has 0 saturated carbocycles. The van der Waals surface area contributed by atoms with Gasteiger partial charge in [0.15, 0.2) is 0 Å². The van der Waals surface area contributed by atoms with Crippen LogP contribution in [0, 0.1) is 0 Å². The topological polar surface area (TPSA) is 82.8 Å². The lowest BCUT2D eigenvalue weighted by atomic mass is 9.86. The van der Waals surface area contributed by atoms with Crippen LogP contribution in [0.4, 0.5) is 5.82 Å². The molecule has 26 heavy (non-hydrogen) atoms. The number of pyridine rings is 1. The smallest absolute Gasteiger partial charge is 0.252 e. The zero-order chi connectivity index (χ0) is 18.7. The molecule has 2 aliphatic rings. The number of hydrogen-bond acceptors (Lipinski definition) is 5. The number of likely N-dealkylation sites (N-methyl/N-ethyl adjacent to an activating group) is 1. The second-order valence-electron chi connectivity index (χ2n) is 7.18. The molecule has 2 saturated heterocycles. The van der Waals surface area contributed by atoms with Crippen LogP contribution in [0.15, 0.2) is 31.0 Å². The number of primary amides is 1. The van der Waals surface area contributed by atoms with E-state index in [1.54, 1.807) is 24.4 Å². The van der Waals surface area contributed by atoms with Crippen LogP contribution in [0.3, 0.4) is 0 Å². The number of amides is 2. The normalized spacial score (nSPS) is 24.6. The molecule has 7 heteroatoms. The highest BCUT2D eigenvalue weighted by molar-refractivity contribution is 5.97. The highest BCUT2D eigenvalue weighted by atomic mass is 16.2. The molecule has 1 unspecified atom stereocenters. The summed E-state index contributed by atoms with van der Waals surface area (Å²) in [5, 5.41) is 0. The van der Waals surface area contributed by atoms with E-state index in [1.807, 2.05) is 4.90 Å². The number of anilines is 1. The third kappa shape index (κ3) is 3.44. The van der Waals surface area contributed by atoms with Gasteiger partial charge in [-0.1, -0.05) is 6.08 Å². The first-order valence-corrected chi connectivity index (χ1v) is 9.06. The molecule has 3 rings (SSSR count). The van der Waals surface area contributed by atoms with Crippen LogP contribution in [0.25, 0.3) is 0 Å². The Labute approximate surface area is 154 Å². The van der Waals surface area contributed by atoms with E-state index in [4.69, 9.17) is 5.73 Å². The van der Waals surface area contributed by atoms with Crippen LogP contribution in [-0.4, -0.2) is 71.9 Å². The molecule has 1 aromatic rings. The van der Waals surface area contributed by atoms with E-state index in [2.05, 4.69) is 28.4 Å². The minimum absolute atomic E-state index is 0.115. The van der Waals surface area contributed by atoms with Gasteiger partial charge < -0.3 is 15.5 Å². The number of nitrogens with two attached hydrogens (primary N) is 1. The van der Waals surface area contributed by atoms with Crippen molar-refractivity contribution in [3.63, 3.8) is 0 Å². The van der Waals surface area contributed by atoms with Gasteiger partial charge in [0, 0.05) is 50.9 Å². The van der Waals surface area contributed by atoms with Crippen molar-refractivity contribution < 1.29 is 9.59 Å². The molecular weight excluding hydrogens is 330 g/mol. The molecule has 2 amide bonds. The summed E-state index contributed by atoms with van der Waals surface area (Å²) < 4.78 is 0. The van der Waals surface area contributed by atoms with Gasteiger partial charge in [0.05, 0.1) is 5.56 Å². The summed E-state index contributed by atoms with van der Waals surface area (Å²) in [7, 11) is 2.12. The van der Waals surface area contributed by atoms with E-state index < -0.39 is 5.91 Å². The fourth-order valence-corrected chi connectivity index (χ4v) is 4.06. The molecule has 0 radical (unpaired) electrons. The molecule has 1 atom stereocenters. The number of piperazine rings is 1. The van der Waals surface area contributed by atoms with E-state index in [0.29, 0.717) is 30.9 Å². The molecule has 140 valence electrons. The molecule has 2 aliphatic heterocycles. The van der Waals surface area contributed by atoms with Gasteiger partial charge in [-0.05, 0) is 32.0 Å². The summed E-state index contributed by atoms with van der Waals surface area (Å²) in [6, 6.07) is 3.45. The molecule has 1 aromatic heterocycles. The highest BCUT2D eigenvalue weighted by Gasteiger charge is 2.42. The Morgan fingerprint density at radius 2 is 2.19 bits per heavy atom. The summed E-state index contributed by atoms with van der Waals surface area (Å²) in [5.74, 6) is 0.364. The summed E-state index contributed by atoms with van der Waals surface area (Å²) in [4.78, 5) is 35.0. The van der Waals surface area contributed by atoms with Crippen LogP contribution in [0.2, 0.25) is 0 Å². The summed E-state index contributed by atoms with van der Waals surface area (Å²) in [6.45, 7) is 7.42. The number of carbonyl (C=O) groups is 2. The van der Waals surface area contributed by atoms with Gasteiger partial charge in [0.25, 0.3) is 5.91 Å². The monoisotopic (exact) mass is 357 g/mol. The average molecular weight is 357 g/mol. The predicted molar refractivity (Wildman–Crippen MR) is 101 cm³/mol. The van der Waals surface area contributed by atoms with Gasteiger partial charge in [-0.15, -0.1) is 6.58 Å². The largest absolute Gasteiger partial charge is 0.365 e. The predicted octanol–water partition coefficient (Wildman–Crippen LogP) is 0.870. The minimum atomic E-state index is -0.464. The summed E-state index contributed by atoms with van der Waals surface area (Å²) >= 11 is 0. The SMILES string of the molecule is C=CCN1CCC2(CCC1=O)CN(c1ncccc1C(N)=O)CCN2C. The zero-order valence-electron chi connectivity index (χ0n) is 15.4. The fourth-order valence-electron chi connectivity index (χ4n) is 4.06. The second-order valence-corrected chi connectivity index (χ2v) is 7.18. The van der Waals surface area contributed by atoms with E-state index in [0.717, 1.165) is 32.5 Å². The first-order valence-electron chi connectivity index (χ1n) is 9.06. The van der Waals surface area contributed by atoms with Gasteiger partial charge in [-0.3, -0.25) is 14.5 Å². The molecule has 2 fully saturated rings. The van der Waals surface area contributed by atoms with Gasteiger partial charge >= 0.3 is 0 Å². The molecule has 1 spiro atoms. The van der Waals surface area contributed by atoms with Crippen molar-refractivity contribution in [2.45, 2.75) is 24.8 Å². The molecule has 2 N–H and O–H groups in total. The van der Waals surface area contributed by atoms with Crippen molar-refractivity contribution >= 4 is 17.6 Å². The van der Waals surface area contributed by atoms with E-state index in [1.165, 1.54) is 0 Å². The maximum atomic E-state index is 12.4. The average Bonchev–Trinajstić information content (AvgIpc) is 2.79. The molecule has 0 aliphatic carbocycles. The lowest BCUT2D eigenvalue weighted by Crippen LogP contribution is -2.61. The number of carbonyl (C=O) groups excluding carboxylic acids is 2. The lowest BCUT2D eigenvalue weighted by molar-refractivity contribution is -0.130. The maximum Gasteiger partial charge on any atom is 0.252 e.